The number of benzene rings is 1. The number of nitro benzene ring substituents is 1. The van der Waals surface area contributed by atoms with Gasteiger partial charge in [0.25, 0.3) is 5.69 Å². The molecule has 1 heterocycles. The first kappa shape index (κ1) is 22.7. The van der Waals surface area contributed by atoms with Gasteiger partial charge in [0.1, 0.15) is 17.9 Å². The second kappa shape index (κ2) is 9.78. The molecule has 0 aliphatic rings. The normalized spacial score (nSPS) is 11.6. The summed E-state index contributed by atoms with van der Waals surface area (Å²) in [5, 5.41) is 16.0. The number of non-ortho nitro benzene ring substituents is 1. The quantitative estimate of drug-likeness (QED) is 0.284. The highest BCUT2D eigenvalue weighted by Gasteiger charge is 2.22. The molecule has 2 N–H and O–H groups in total. The Hall–Kier alpha value is -3.54. The van der Waals surface area contributed by atoms with Gasteiger partial charge >= 0.3 is 11.9 Å². The van der Waals surface area contributed by atoms with Crippen molar-refractivity contribution in [2.75, 3.05) is 12.3 Å². The first-order chi connectivity index (χ1) is 14.0. The van der Waals surface area contributed by atoms with E-state index in [1.807, 2.05) is 0 Å². The number of thiazole rings is 1. The lowest BCUT2D eigenvalue weighted by Gasteiger charge is -2.18. The van der Waals surface area contributed by atoms with Crippen molar-refractivity contribution in [2.24, 2.45) is 5.16 Å². The minimum absolute atomic E-state index is 0.0826. The Morgan fingerprint density at radius 3 is 2.47 bits per heavy atom. The van der Waals surface area contributed by atoms with Crippen molar-refractivity contribution in [2.45, 2.75) is 33.0 Å². The molecule has 12 heteroatoms. The van der Waals surface area contributed by atoms with Gasteiger partial charge in [-0.3, -0.25) is 10.1 Å². The fourth-order valence-corrected chi connectivity index (χ4v) is 2.58. The predicted molar refractivity (Wildman–Crippen MR) is 108 cm³/mol. The molecule has 0 unspecified atom stereocenters. The number of carbonyl (C=O) groups excluding carboxylic acids is 2. The van der Waals surface area contributed by atoms with Gasteiger partial charge in [0.15, 0.2) is 5.13 Å². The summed E-state index contributed by atoms with van der Waals surface area (Å²) in [5.41, 5.74) is 5.19. The van der Waals surface area contributed by atoms with Gasteiger partial charge in [-0.1, -0.05) is 5.16 Å². The van der Waals surface area contributed by atoms with Crippen molar-refractivity contribution >= 4 is 39.8 Å². The van der Waals surface area contributed by atoms with Gasteiger partial charge in [-0.05, 0) is 38.5 Å². The maximum atomic E-state index is 12.5. The fourth-order valence-electron chi connectivity index (χ4n) is 2.04. The first-order valence-electron chi connectivity index (χ1n) is 8.59. The number of anilines is 1. The van der Waals surface area contributed by atoms with Crippen molar-refractivity contribution in [3.63, 3.8) is 0 Å². The van der Waals surface area contributed by atoms with E-state index < -0.39 is 29.1 Å². The van der Waals surface area contributed by atoms with E-state index in [1.54, 1.807) is 20.8 Å². The van der Waals surface area contributed by atoms with E-state index in [-0.39, 0.29) is 28.8 Å². The van der Waals surface area contributed by atoms with Crippen LogP contribution in [0.15, 0.2) is 34.8 Å². The number of oxime groups is 1. The van der Waals surface area contributed by atoms with Crippen LogP contribution in [0.3, 0.4) is 0 Å². The van der Waals surface area contributed by atoms with Gasteiger partial charge in [-0.25, -0.2) is 14.6 Å². The SMILES string of the molecule is CC(C)(C)OC(=O)CON=C(C(=O)OCc1ccc([N+](=O)[O-])cc1)c1csc(N)n1. The summed E-state index contributed by atoms with van der Waals surface area (Å²) >= 11 is 1.08. The van der Waals surface area contributed by atoms with Crippen molar-refractivity contribution < 1.29 is 28.8 Å². The highest BCUT2D eigenvalue weighted by Crippen LogP contribution is 2.15. The Labute approximate surface area is 175 Å². The standard InChI is InChI=1S/C18H20N4O7S/c1-18(2,3)29-14(23)9-28-21-15(13-10-30-17(19)20-13)16(24)27-8-11-4-6-12(7-5-11)22(25)26/h4-7,10H,8-9H2,1-3H3,(H2,19,20). The summed E-state index contributed by atoms with van der Waals surface area (Å²) in [6, 6.07) is 5.51. The van der Waals surface area contributed by atoms with E-state index >= 15 is 0 Å². The monoisotopic (exact) mass is 436 g/mol. The number of rotatable bonds is 8. The number of esters is 2. The van der Waals surface area contributed by atoms with Gasteiger partial charge in [-0.15, -0.1) is 11.3 Å². The van der Waals surface area contributed by atoms with Crippen LogP contribution in [0.5, 0.6) is 0 Å². The van der Waals surface area contributed by atoms with Crippen LogP contribution in [-0.4, -0.2) is 39.8 Å². The fraction of sp³-hybridized carbons (Fsp3) is 0.333. The molecule has 0 fully saturated rings. The Bertz CT molecular complexity index is 948. The smallest absolute Gasteiger partial charge is 0.363 e. The number of nitro groups is 1. The molecule has 30 heavy (non-hydrogen) atoms. The highest BCUT2D eigenvalue weighted by molar-refractivity contribution is 7.13. The Morgan fingerprint density at radius 2 is 1.93 bits per heavy atom. The van der Waals surface area contributed by atoms with Crippen LogP contribution >= 0.6 is 11.3 Å². The molecule has 0 atom stereocenters. The van der Waals surface area contributed by atoms with Gasteiger partial charge in [0.2, 0.25) is 12.3 Å². The molecule has 0 radical (unpaired) electrons. The van der Waals surface area contributed by atoms with Crippen LogP contribution in [0.25, 0.3) is 0 Å². The molecule has 0 amide bonds. The zero-order valence-electron chi connectivity index (χ0n) is 16.5. The van der Waals surface area contributed by atoms with Gasteiger partial charge in [0.05, 0.1) is 4.92 Å². The average molecular weight is 436 g/mol. The van der Waals surface area contributed by atoms with Crippen molar-refractivity contribution in [1.29, 1.82) is 0 Å². The third kappa shape index (κ3) is 7.13. The van der Waals surface area contributed by atoms with E-state index in [0.717, 1.165) is 11.3 Å². The maximum absolute atomic E-state index is 12.5. The van der Waals surface area contributed by atoms with E-state index in [2.05, 4.69) is 10.1 Å². The van der Waals surface area contributed by atoms with Crippen molar-refractivity contribution in [1.82, 2.24) is 4.98 Å². The first-order valence-corrected chi connectivity index (χ1v) is 9.47. The zero-order chi connectivity index (χ0) is 22.3. The molecule has 0 aliphatic carbocycles. The molecular weight excluding hydrogens is 416 g/mol. The summed E-state index contributed by atoms with van der Waals surface area (Å²) < 4.78 is 10.3. The Balaban J connectivity index is 2.05. The molecule has 1 aromatic carbocycles. The van der Waals surface area contributed by atoms with E-state index in [4.69, 9.17) is 20.0 Å². The molecule has 0 saturated heterocycles. The number of nitrogens with zero attached hydrogens (tertiary/aromatic N) is 3. The zero-order valence-corrected chi connectivity index (χ0v) is 17.3. The summed E-state index contributed by atoms with van der Waals surface area (Å²) in [4.78, 5) is 43.3. The molecule has 1 aromatic heterocycles. The van der Waals surface area contributed by atoms with Crippen LogP contribution < -0.4 is 5.73 Å². The molecular formula is C18H20N4O7S. The van der Waals surface area contributed by atoms with E-state index in [9.17, 15) is 19.7 Å². The lowest BCUT2D eigenvalue weighted by atomic mass is 10.2. The van der Waals surface area contributed by atoms with Crippen LogP contribution in [0.4, 0.5) is 10.8 Å². The maximum Gasteiger partial charge on any atom is 0.363 e. The Kier molecular flexibility index (Phi) is 7.42. The average Bonchev–Trinajstić information content (AvgIpc) is 3.08. The summed E-state index contributed by atoms with van der Waals surface area (Å²) in [7, 11) is 0. The van der Waals surface area contributed by atoms with Crippen molar-refractivity contribution in [3.05, 3.63) is 51.0 Å². The van der Waals surface area contributed by atoms with E-state index in [1.165, 1.54) is 29.6 Å². The van der Waals surface area contributed by atoms with Crippen LogP contribution in [0, 0.1) is 10.1 Å². The lowest BCUT2D eigenvalue weighted by Crippen LogP contribution is -2.26. The summed E-state index contributed by atoms with van der Waals surface area (Å²) in [5.74, 6) is -1.54. The Morgan fingerprint density at radius 1 is 1.27 bits per heavy atom. The number of ether oxygens (including phenoxy) is 2. The van der Waals surface area contributed by atoms with Crippen LogP contribution in [0.1, 0.15) is 32.0 Å². The molecule has 160 valence electrons. The molecule has 0 saturated carbocycles. The van der Waals surface area contributed by atoms with Gasteiger partial charge in [-0.2, -0.15) is 0 Å². The van der Waals surface area contributed by atoms with Gasteiger partial charge < -0.3 is 20.0 Å². The predicted octanol–water partition coefficient (Wildman–Crippen LogP) is 2.44. The molecule has 0 spiro atoms. The minimum Gasteiger partial charge on any atom is -0.457 e. The molecule has 2 rings (SSSR count). The molecule has 0 aliphatic heterocycles. The summed E-state index contributed by atoms with van der Waals surface area (Å²) in [6.45, 7) is 4.42. The number of nitrogen functional groups attached to an aromatic ring is 1. The van der Waals surface area contributed by atoms with E-state index in [0.29, 0.717) is 5.56 Å². The second-order valence-electron chi connectivity index (χ2n) is 6.87. The van der Waals surface area contributed by atoms with Crippen molar-refractivity contribution in [3.8, 4) is 0 Å². The number of hydrogen-bond acceptors (Lipinski definition) is 11. The number of aromatic nitrogens is 1. The topological polar surface area (TPSA) is 156 Å². The largest absolute Gasteiger partial charge is 0.457 e. The second-order valence-corrected chi connectivity index (χ2v) is 7.76. The molecule has 2 aromatic rings. The third-order valence-corrected chi connectivity index (χ3v) is 3.91. The van der Waals surface area contributed by atoms with Crippen LogP contribution in [0.2, 0.25) is 0 Å². The number of nitrogens with two attached hydrogens (primary N) is 1. The van der Waals surface area contributed by atoms with Gasteiger partial charge in [0, 0.05) is 17.5 Å². The lowest BCUT2D eigenvalue weighted by molar-refractivity contribution is -0.384. The molecule has 11 nitrogen and oxygen atoms in total. The number of hydrogen-bond donors (Lipinski definition) is 1. The minimum atomic E-state index is -0.872. The van der Waals surface area contributed by atoms with Crippen LogP contribution in [-0.2, 0) is 30.5 Å². The number of carbonyl (C=O) groups is 2. The third-order valence-electron chi connectivity index (χ3n) is 3.23. The highest BCUT2D eigenvalue weighted by atomic mass is 32.1. The summed E-state index contributed by atoms with van der Waals surface area (Å²) in [6.07, 6.45) is 0. The molecule has 0 bridgehead atoms.